The van der Waals surface area contributed by atoms with Crippen LogP contribution in [0.25, 0.3) is 0 Å². The molecule has 0 saturated carbocycles. The Morgan fingerprint density at radius 1 is 1.36 bits per heavy atom. The third kappa shape index (κ3) is 3.56. The molecule has 0 aliphatic carbocycles. The van der Waals surface area contributed by atoms with Gasteiger partial charge in [-0.3, -0.25) is 0 Å². The first-order valence-electron chi connectivity index (χ1n) is 5.43. The Labute approximate surface area is 87.6 Å². The normalized spacial score (nSPS) is 22.5. The third-order valence-electron chi connectivity index (χ3n) is 3.19. The predicted molar refractivity (Wildman–Crippen MR) is 59.1 cm³/mol. The van der Waals surface area contributed by atoms with E-state index < -0.39 is 6.10 Å². The summed E-state index contributed by atoms with van der Waals surface area (Å²) in [6.45, 7) is 10.4. The van der Waals surface area contributed by atoms with Crippen molar-refractivity contribution in [3.05, 3.63) is 0 Å². The maximum atomic E-state index is 9.37. The predicted octanol–water partition coefficient (Wildman–Crippen LogP) is 1.54. The van der Waals surface area contributed by atoms with Crippen molar-refractivity contribution in [1.29, 1.82) is 0 Å². The average molecular weight is 203 g/mol. The van der Waals surface area contributed by atoms with Gasteiger partial charge in [0.1, 0.15) is 0 Å². The Balaban J connectivity index is 4.39. The van der Waals surface area contributed by atoms with Crippen LogP contribution < -0.4 is 5.73 Å². The highest BCUT2D eigenvalue weighted by molar-refractivity contribution is 4.83. The van der Waals surface area contributed by atoms with E-state index >= 15 is 0 Å². The molecule has 0 aromatic heterocycles. The zero-order chi connectivity index (χ0) is 11.4. The molecule has 0 heterocycles. The van der Waals surface area contributed by atoms with E-state index in [9.17, 15) is 5.11 Å². The second-order valence-electron chi connectivity index (χ2n) is 4.39. The number of ether oxygens (including phenoxy) is 1. The number of hydrogen-bond donors (Lipinski definition) is 2. The maximum absolute atomic E-state index is 9.37. The lowest BCUT2D eigenvalue weighted by atomic mass is 9.88. The lowest BCUT2D eigenvalue weighted by Gasteiger charge is -2.37. The summed E-state index contributed by atoms with van der Waals surface area (Å²) in [5.74, 6) is 0.397. The summed E-state index contributed by atoms with van der Waals surface area (Å²) in [6, 6.07) is 0. The Morgan fingerprint density at radius 3 is 2.14 bits per heavy atom. The van der Waals surface area contributed by atoms with Gasteiger partial charge in [-0.25, -0.2) is 0 Å². The van der Waals surface area contributed by atoms with Gasteiger partial charge in [0.15, 0.2) is 0 Å². The van der Waals surface area contributed by atoms with Crippen LogP contribution in [-0.2, 0) is 4.74 Å². The Kier molecular flexibility index (Phi) is 5.64. The Hall–Kier alpha value is -0.120. The van der Waals surface area contributed by atoms with Crippen LogP contribution in [0.1, 0.15) is 41.0 Å². The molecule has 0 amide bonds. The SMILES string of the molecule is CCC(C)C(C)(CN)OC(C)C(C)O. The van der Waals surface area contributed by atoms with Gasteiger partial charge in [-0.05, 0) is 26.7 Å². The van der Waals surface area contributed by atoms with E-state index in [-0.39, 0.29) is 11.7 Å². The molecule has 0 fully saturated rings. The highest BCUT2D eigenvalue weighted by Crippen LogP contribution is 2.25. The minimum Gasteiger partial charge on any atom is -0.391 e. The van der Waals surface area contributed by atoms with Crippen molar-refractivity contribution in [2.45, 2.75) is 58.8 Å². The molecule has 0 saturated heterocycles. The molecule has 86 valence electrons. The molecule has 0 aromatic carbocycles. The first kappa shape index (κ1) is 13.9. The topological polar surface area (TPSA) is 55.5 Å². The van der Waals surface area contributed by atoms with Gasteiger partial charge < -0.3 is 15.6 Å². The summed E-state index contributed by atoms with van der Waals surface area (Å²) >= 11 is 0. The van der Waals surface area contributed by atoms with Crippen molar-refractivity contribution in [3.8, 4) is 0 Å². The van der Waals surface area contributed by atoms with Crippen LogP contribution in [0.3, 0.4) is 0 Å². The molecule has 4 atom stereocenters. The third-order valence-corrected chi connectivity index (χ3v) is 3.19. The van der Waals surface area contributed by atoms with Crippen molar-refractivity contribution in [3.63, 3.8) is 0 Å². The van der Waals surface area contributed by atoms with Crippen molar-refractivity contribution in [2.75, 3.05) is 6.54 Å². The molecule has 0 aliphatic rings. The maximum Gasteiger partial charge on any atom is 0.0811 e. The molecule has 0 bridgehead atoms. The minimum atomic E-state index is -0.454. The fourth-order valence-corrected chi connectivity index (χ4v) is 1.32. The van der Waals surface area contributed by atoms with Gasteiger partial charge in [0.2, 0.25) is 0 Å². The fourth-order valence-electron chi connectivity index (χ4n) is 1.32. The lowest BCUT2D eigenvalue weighted by Crippen LogP contribution is -2.47. The number of rotatable bonds is 6. The zero-order valence-electron chi connectivity index (χ0n) is 10.1. The molecule has 0 aromatic rings. The highest BCUT2D eigenvalue weighted by Gasteiger charge is 2.32. The summed E-state index contributed by atoms with van der Waals surface area (Å²) in [5, 5.41) is 9.37. The van der Waals surface area contributed by atoms with E-state index in [0.717, 1.165) is 6.42 Å². The summed E-state index contributed by atoms with van der Waals surface area (Å²) in [4.78, 5) is 0. The van der Waals surface area contributed by atoms with Gasteiger partial charge in [-0.1, -0.05) is 20.3 Å². The van der Waals surface area contributed by atoms with Crippen LogP contribution in [0.4, 0.5) is 0 Å². The van der Waals surface area contributed by atoms with Crippen LogP contribution in [0.15, 0.2) is 0 Å². The fraction of sp³-hybridized carbons (Fsp3) is 1.00. The first-order chi connectivity index (χ1) is 6.37. The molecule has 0 spiro atoms. The van der Waals surface area contributed by atoms with Gasteiger partial charge in [-0.15, -0.1) is 0 Å². The second-order valence-corrected chi connectivity index (χ2v) is 4.39. The van der Waals surface area contributed by atoms with E-state index in [1.807, 2.05) is 13.8 Å². The molecular weight excluding hydrogens is 178 g/mol. The number of aliphatic hydroxyl groups is 1. The average Bonchev–Trinajstić information content (AvgIpc) is 2.15. The van der Waals surface area contributed by atoms with E-state index in [4.69, 9.17) is 10.5 Å². The Bertz CT molecular complexity index is 161. The van der Waals surface area contributed by atoms with E-state index in [1.165, 1.54) is 0 Å². The van der Waals surface area contributed by atoms with Crippen LogP contribution in [-0.4, -0.2) is 29.5 Å². The zero-order valence-corrected chi connectivity index (χ0v) is 10.1. The van der Waals surface area contributed by atoms with E-state index in [2.05, 4.69) is 13.8 Å². The molecule has 4 unspecified atom stereocenters. The van der Waals surface area contributed by atoms with Gasteiger partial charge in [0.05, 0.1) is 17.8 Å². The van der Waals surface area contributed by atoms with Gasteiger partial charge in [-0.2, -0.15) is 0 Å². The standard InChI is InChI=1S/C11H25NO2/c1-6-8(2)11(5,7-12)14-10(4)9(3)13/h8-10,13H,6-7,12H2,1-5H3. The molecular formula is C11H25NO2. The van der Waals surface area contributed by atoms with Crippen LogP contribution in [0, 0.1) is 5.92 Å². The summed E-state index contributed by atoms with van der Waals surface area (Å²) in [5.41, 5.74) is 5.40. The molecule has 3 heteroatoms. The van der Waals surface area contributed by atoms with E-state index in [1.54, 1.807) is 6.92 Å². The molecule has 3 N–H and O–H groups in total. The number of nitrogens with two attached hydrogens (primary N) is 1. The number of aliphatic hydroxyl groups excluding tert-OH is 1. The van der Waals surface area contributed by atoms with Crippen molar-refractivity contribution in [1.82, 2.24) is 0 Å². The van der Waals surface area contributed by atoms with Crippen LogP contribution in [0.5, 0.6) is 0 Å². The van der Waals surface area contributed by atoms with Crippen LogP contribution >= 0.6 is 0 Å². The highest BCUT2D eigenvalue weighted by atomic mass is 16.5. The molecule has 0 aliphatic heterocycles. The molecule has 0 rings (SSSR count). The van der Waals surface area contributed by atoms with E-state index in [0.29, 0.717) is 12.5 Å². The monoisotopic (exact) mass is 203 g/mol. The van der Waals surface area contributed by atoms with Crippen LogP contribution in [0.2, 0.25) is 0 Å². The quantitative estimate of drug-likeness (QED) is 0.688. The lowest BCUT2D eigenvalue weighted by molar-refractivity contribution is -0.134. The molecule has 0 radical (unpaired) electrons. The minimum absolute atomic E-state index is 0.169. The Morgan fingerprint density at radius 2 is 1.86 bits per heavy atom. The largest absolute Gasteiger partial charge is 0.391 e. The summed E-state index contributed by atoms with van der Waals surface area (Å²) in [6.07, 6.45) is 0.405. The van der Waals surface area contributed by atoms with Gasteiger partial charge in [0.25, 0.3) is 0 Å². The molecule has 14 heavy (non-hydrogen) atoms. The smallest absolute Gasteiger partial charge is 0.0811 e. The van der Waals surface area contributed by atoms with Crippen molar-refractivity contribution < 1.29 is 9.84 Å². The number of hydrogen-bond acceptors (Lipinski definition) is 3. The van der Waals surface area contributed by atoms with Gasteiger partial charge >= 0.3 is 0 Å². The summed E-state index contributed by atoms with van der Waals surface area (Å²) in [7, 11) is 0. The van der Waals surface area contributed by atoms with Gasteiger partial charge in [0, 0.05) is 6.54 Å². The second kappa shape index (κ2) is 5.69. The molecule has 3 nitrogen and oxygen atoms in total. The first-order valence-corrected chi connectivity index (χ1v) is 5.43. The van der Waals surface area contributed by atoms with Crippen molar-refractivity contribution >= 4 is 0 Å². The summed E-state index contributed by atoms with van der Waals surface area (Å²) < 4.78 is 5.83. The van der Waals surface area contributed by atoms with Crippen molar-refractivity contribution in [2.24, 2.45) is 11.7 Å².